The predicted molar refractivity (Wildman–Crippen MR) is 74.5 cm³/mol. The number of nitrogens with zero attached hydrogens (tertiary/aromatic N) is 1. The summed E-state index contributed by atoms with van der Waals surface area (Å²) < 4.78 is 0. The van der Waals surface area contributed by atoms with Crippen LogP contribution in [-0.2, 0) is 11.8 Å². The summed E-state index contributed by atoms with van der Waals surface area (Å²) in [6, 6.07) is 0. The van der Waals surface area contributed by atoms with Crippen molar-refractivity contribution in [3.8, 4) is 0 Å². The molecule has 0 saturated heterocycles. The van der Waals surface area contributed by atoms with Crippen LogP contribution >= 0.6 is 11.3 Å². The molecule has 2 atom stereocenters. The Bertz CT molecular complexity index is 351. The molecule has 1 N–H and O–H groups in total. The molecule has 0 aliphatic rings. The van der Waals surface area contributed by atoms with Crippen LogP contribution in [0.1, 0.15) is 52.2 Å². The van der Waals surface area contributed by atoms with Crippen molar-refractivity contribution in [1.82, 2.24) is 4.98 Å². The number of aliphatic hydroxyl groups is 1. The van der Waals surface area contributed by atoms with Crippen molar-refractivity contribution in [3.63, 3.8) is 0 Å². The molecule has 1 heterocycles. The highest BCUT2D eigenvalue weighted by Crippen LogP contribution is 2.26. The zero-order chi connectivity index (χ0) is 13.2. The second-order valence-electron chi connectivity index (χ2n) is 6.25. The number of thiazole rings is 1. The van der Waals surface area contributed by atoms with E-state index in [1.54, 1.807) is 11.3 Å². The standard InChI is InChI=1S/C14H25NOS/c1-9(2)10(3)11(16)7-13-15-12(8-17-13)14(4,5)6/h8-11,16H,7H2,1-6H3. The summed E-state index contributed by atoms with van der Waals surface area (Å²) in [6.07, 6.45) is 0.397. The molecule has 0 aliphatic heterocycles. The van der Waals surface area contributed by atoms with Gasteiger partial charge in [-0.2, -0.15) is 0 Å². The molecule has 17 heavy (non-hydrogen) atoms. The molecular weight excluding hydrogens is 230 g/mol. The molecule has 3 heteroatoms. The molecule has 2 unspecified atom stereocenters. The van der Waals surface area contributed by atoms with Crippen molar-refractivity contribution in [2.24, 2.45) is 11.8 Å². The minimum absolute atomic E-state index is 0.101. The highest BCUT2D eigenvalue weighted by Gasteiger charge is 2.21. The Kier molecular flexibility index (Phi) is 4.73. The Morgan fingerprint density at radius 3 is 2.29 bits per heavy atom. The fourth-order valence-corrected chi connectivity index (χ4v) is 2.63. The van der Waals surface area contributed by atoms with Gasteiger partial charge in [0.15, 0.2) is 0 Å². The minimum Gasteiger partial charge on any atom is -0.392 e. The molecule has 0 fully saturated rings. The van der Waals surface area contributed by atoms with E-state index >= 15 is 0 Å². The molecule has 0 saturated carbocycles. The van der Waals surface area contributed by atoms with Crippen LogP contribution in [0.4, 0.5) is 0 Å². The summed E-state index contributed by atoms with van der Waals surface area (Å²) in [6.45, 7) is 12.9. The van der Waals surface area contributed by atoms with Crippen molar-refractivity contribution in [2.75, 3.05) is 0 Å². The number of aliphatic hydroxyl groups excluding tert-OH is 1. The van der Waals surface area contributed by atoms with E-state index in [9.17, 15) is 5.11 Å². The lowest BCUT2D eigenvalue weighted by Crippen LogP contribution is -2.24. The van der Waals surface area contributed by atoms with Crippen molar-refractivity contribution < 1.29 is 5.11 Å². The molecule has 98 valence electrons. The largest absolute Gasteiger partial charge is 0.392 e. The number of aromatic nitrogens is 1. The second kappa shape index (κ2) is 5.49. The SMILES string of the molecule is CC(C)C(C)C(O)Cc1nc(C(C)(C)C)cs1. The van der Waals surface area contributed by atoms with Gasteiger partial charge in [0.1, 0.15) is 0 Å². The first kappa shape index (κ1) is 14.7. The maximum Gasteiger partial charge on any atom is 0.0954 e. The van der Waals surface area contributed by atoms with E-state index in [-0.39, 0.29) is 11.5 Å². The van der Waals surface area contributed by atoms with Crippen LogP contribution < -0.4 is 0 Å². The van der Waals surface area contributed by atoms with Gasteiger partial charge >= 0.3 is 0 Å². The molecular formula is C14H25NOS. The molecule has 1 rings (SSSR count). The van der Waals surface area contributed by atoms with E-state index in [2.05, 4.69) is 51.9 Å². The Labute approximate surface area is 109 Å². The normalized spacial score (nSPS) is 16.2. The van der Waals surface area contributed by atoms with Gasteiger partial charge in [-0.05, 0) is 11.8 Å². The Morgan fingerprint density at radius 1 is 1.29 bits per heavy atom. The zero-order valence-corrected chi connectivity index (χ0v) is 12.6. The molecule has 1 aromatic heterocycles. The van der Waals surface area contributed by atoms with Crippen molar-refractivity contribution in [1.29, 1.82) is 0 Å². The van der Waals surface area contributed by atoms with E-state index in [0.717, 1.165) is 10.7 Å². The molecule has 0 aromatic carbocycles. The summed E-state index contributed by atoms with van der Waals surface area (Å²) in [5.41, 5.74) is 1.23. The van der Waals surface area contributed by atoms with Gasteiger partial charge in [0.25, 0.3) is 0 Å². The van der Waals surface area contributed by atoms with Crippen LogP contribution in [0.3, 0.4) is 0 Å². The molecule has 0 amide bonds. The first-order valence-corrected chi connectivity index (χ1v) is 7.22. The zero-order valence-electron chi connectivity index (χ0n) is 11.8. The maximum absolute atomic E-state index is 10.1. The van der Waals surface area contributed by atoms with Crippen molar-refractivity contribution in [3.05, 3.63) is 16.1 Å². The summed E-state index contributed by atoms with van der Waals surface area (Å²) in [5, 5.41) is 13.3. The Hall–Kier alpha value is -0.410. The van der Waals surface area contributed by atoms with Crippen LogP contribution in [0.25, 0.3) is 0 Å². The fraction of sp³-hybridized carbons (Fsp3) is 0.786. The van der Waals surface area contributed by atoms with Gasteiger partial charge in [-0.3, -0.25) is 0 Å². The predicted octanol–water partition coefficient (Wildman–Crippen LogP) is 3.64. The lowest BCUT2D eigenvalue weighted by Gasteiger charge is -2.21. The van der Waals surface area contributed by atoms with E-state index in [4.69, 9.17) is 0 Å². The van der Waals surface area contributed by atoms with E-state index in [1.165, 1.54) is 0 Å². The molecule has 0 bridgehead atoms. The van der Waals surface area contributed by atoms with Gasteiger partial charge in [-0.15, -0.1) is 11.3 Å². The summed E-state index contributed by atoms with van der Waals surface area (Å²) in [7, 11) is 0. The molecule has 0 aliphatic carbocycles. The van der Waals surface area contributed by atoms with Gasteiger partial charge in [0.05, 0.1) is 16.8 Å². The molecule has 0 spiro atoms. The third kappa shape index (κ3) is 4.07. The monoisotopic (exact) mass is 255 g/mol. The van der Waals surface area contributed by atoms with E-state index in [1.807, 2.05) is 0 Å². The number of hydrogen-bond donors (Lipinski definition) is 1. The van der Waals surface area contributed by atoms with Gasteiger partial charge in [-0.25, -0.2) is 4.98 Å². The minimum atomic E-state index is -0.283. The first-order chi connectivity index (χ1) is 7.71. The second-order valence-corrected chi connectivity index (χ2v) is 7.19. The maximum atomic E-state index is 10.1. The number of hydrogen-bond acceptors (Lipinski definition) is 3. The van der Waals surface area contributed by atoms with Gasteiger partial charge in [0.2, 0.25) is 0 Å². The fourth-order valence-electron chi connectivity index (χ4n) is 1.56. The highest BCUT2D eigenvalue weighted by molar-refractivity contribution is 7.09. The smallest absolute Gasteiger partial charge is 0.0954 e. The number of rotatable bonds is 4. The molecule has 2 nitrogen and oxygen atoms in total. The molecule has 1 aromatic rings. The Morgan fingerprint density at radius 2 is 1.88 bits per heavy atom. The molecule has 0 radical (unpaired) electrons. The average molecular weight is 255 g/mol. The van der Waals surface area contributed by atoms with Crippen LogP contribution in [0.5, 0.6) is 0 Å². The van der Waals surface area contributed by atoms with Crippen LogP contribution in [0.15, 0.2) is 5.38 Å². The quantitative estimate of drug-likeness (QED) is 0.891. The average Bonchev–Trinajstić information content (AvgIpc) is 2.64. The van der Waals surface area contributed by atoms with Crippen LogP contribution in [0, 0.1) is 11.8 Å². The lowest BCUT2D eigenvalue weighted by atomic mass is 9.90. The lowest BCUT2D eigenvalue weighted by molar-refractivity contribution is 0.0920. The van der Waals surface area contributed by atoms with Crippen molar-refractivity contribution in [2.45, 2.75) is 59.5 Å². The van der Waals surface area contributed by atoms with E-state index < -0.39 is 0 Å². The summed E-state index contributed by atoms with van der Waals surface area (Å²) >= 11 is 1.66. The topological polar surface area (TPSA) is 33.1 Å². The first-order valence-electron chi connectivity index (χ1n) is 6.34. The van der Waals surface area contributed by atoms with Gasteiger partial charge in [0, 0.05) is 17.2 Å². The van der Waals surface area contributed by atoms with Crippen molar-refractivity contribution >= 4 is 11.3 Å². The summed E-state index contributed by atoms with van der Waals surface area (Å²) in [5.74, 6) is 0.823. The van der Waals surface area contributed by atoms with Gasteiger partial charge < -0.3 is 5.11 Å². The third-order valence-corrected chi connectivity index (χ3v) is 4.23. The van der Waals surface area contributed by atoms with Crippen LogP contribution in [0.2, 0.25) is 0 Å². The van der Waals surface area contributed by atoms with E-state index in [0.29, 0.717) is 18.3 Å². The Balaban J connectivity index is 2.67. The van der Waals surface area contributed by atoms with Crippen LogP contribution in [-0.4, -0.2) is 16.2 Å². The highest BCUT2D eigenvalue weighted by atomic mass is 32.1. The summed E-state index contributed by atoms with van der Waals surface area (Å²) in [4.78, 5) is 4.62. The third-order valence-electron chi connectivity index (χ3n) is 3.36. The van der Waals surface area contributed by atoms with Gasteiger partial charge in [-0.1, -0.05) is 41.5 Å².